The molecule has 0 unspecified atom stereocenters. The molecule has 1 amide bonds. The molecule has 0 radical (unpaired) electrons. The third-order valence-corrected chi connectivity index (χ3v) is 6.68. The Balaban J connectivity index is 1.66. The lowest BCUT2D eigenvalue weighted by atomic mass is 10.2. The number of ether oxygens (including phenoxy) is 1. The molecule has 0 aliphatic heterocycles. The molecule has 0 fully saturated rings. The fraction of sp³-hybridized carbons (Fsp3) is 0.364. The molecule has 2 aromatic carbocycles. The maximum absolute atomic E-state index is 12.2. The lowest BCUT2D eigenvalue weighted by molar-refractivity contribution is -0.119. The summed E-state index contributed by atoms with van der Waals surface area (Å²) in [6.45, 7) is 3.99. The average molecular weight is 533 g/mol. The molecule has 3 N–H and O–H groups in total. The van der Waals surface area contributed by atoms with E-state index in [-0.39, 0.29) is 22.0 Å². The molecule has 33 heavy (non-hydrogen) atoms. The van der Waals surface area contributed by atoms with Crippen molar-refractivity contribution in [1.29, 1.82) is 0 Å². The number of unbranched alkanes of at least 4 members (excludes halogenated alkanes) is 2. The van der Waals surface area contributed by atoms with Crippen LogP contribution in [0.4, 0.5) is 5.69 Å². The fourth-order valence-electron chi connectivity index (χ4n) is 2.79. The highest BCUT2D eigenvalue weighted by atomic mass is 35.5. The van der Waals surface area contributed by atoms with Crippen molar-refractivity contribution >= 4 is 62.2 Å². The van der Waals surface area contributed by atoms with E-state index in [1.165, 1.54) is 12.1 Å². The van der Waals surface area contributed by atoms with Crippen molar-refractivity contribution in [1.82, 2.24) is 10.0 Å². The molecule has 0 atom stereocenters. The summed E-state index contributed by atoms with van der Waals surface area (Å²) in [6, 6.07) is 11.0. The molecular weight excluding hydrogens is 505 g/mol. The van der Waals surface area contributed by atoms with Crippen molar-refractivity contribution in [3.63, 3.8) is 0 Å². The summed E-state index contributed by atoms with van der Waals surface area (Å²) in [6.07, 6.45) is 2.58. The van der Waals surface area contributed by atoms with Crippen LogP contribution in [0.1, 0.15) is 39.5 Å². The van der Waals surface area contributed by atoms with Crippen LogP contribution in [0.2, 0.25) is 10.0 Å². The molecule has 0 aliphatic carbocycles. The number of nitrogens with one attached hydrogen (secondary N) is 3. The fourth-order valence-corrected chi connectivity index (χ4v) is 4.73. The van der Waals surface area contributed by atoms with Gasteiger partial charge in [0.1, 0.15) is 5.75 Å². The van der Waals surface area contributed by atoms with E-state index in [0.29, 0.717) is 40.9 Å². The van der Waals surface area contributed by atoms with Gasteiger partial charge in [0, 0.05) is 23.2 Å². The van der Waals surface area contributed by atoms with Crippen LogP contribution in [0.25, 0.3) is 0 Å². The molecule has 0 spiro atoms. The van der Waals surface area contributed by atoms with Crippen molar-refractivity contribution < 1.29 is 17.9 Å². The quantitative estimate of drug-likeness (QED) is 0.274. The van der Waals surface area contributed by atoms with Gasteiger partial charge in [-0.2, -0.15) is 0 Å². The van der Waals surface area contributed by atoms with Gasteiger partial charge < -0.3 is 15.4 Å². The minimum Gasteiger partial charge on any atom is -0.492 e. The number of thiocarbonyl (C=S) groups is 1. The van der Waals surface area contributed by atoms with Crippen LogP contribution in [0.15, 0.2) is 47.4 Å². The Morgan fingerprint density at radius 3 is 2.39 bits per heavy atom. The predicted octanol–water partition coefficient (Wildman–Crippen LogP) is 5.13. The lowest BCUT2D eigenvalue weighted by Crippen LogP contribution is -2.34. The maximum Gasteiger partial charge on any atom is 0.240 e. The highest BCUT2D eigenvalue weighted by molar-refractivity contribution is 7.89. The van der Waals surface area contributed by atoms with E-state index in [4.69, 9.17) is 40.2 Å². The largest absolute Gasteiger partial charge is 0.492 e. The Hall–Kier alpha value is -1.91. The smallest absolute Gasteiger partial charge is 0.240 e. The first-order valence-corrected chi connectivity index (χ1v) is 13.0. The number of hydrogen-bond acceptors (Lipinski definition) is 5. The Morgan fingerprint density at radius 2 is 1.76 bits per heavy atom. The van der Waals surface area contributed by atoms with E-state index in [1.807, 2.05) is 0 Å². The van der Waals surface area contributed by atoms with Crippen molar-refractivity contribution in [2.24, 2.45) is 0 Å². The van der Waals surface area contributed by atoms with Crippen LogP contribution in [-0.2, 0) is 14.8 Å². The minimum atomic E-state index is -3.56. The van der Waals surface area contributed by atoms with Gasteiger partial charge in [0.15, 0.2) is 5.11 Å². The van der Waals surface area contributed by atoms with E-state index in [9.17, 15) is 13.2 Å². The van der Waals surface area contributed by atoms with Gasteiger partial charge in [-0.25, -0.2) is 13.1 Å². The SMILES string of the molecule is CC(C)NS(=O)(=O)c1ccc(NC(=S)NC(=O)CCCCCOc2ccc(Cl)cc2Cl)cc1. The number of carbonyl (C=O) groups excluding carboxylic acids is 1. The van der Waals surface area contributed by atoms with Crippen LogP contribution in [0.3, 0.4) is 0 Å². The number of anilines is 1. The van der Waals surface area contributed by atoms with Gasteiger partial charge in [-0.05, 0) is 87.8 Å². The van der Waals surface area contributed by atoms with E-state index >= 15 is 0 Å². The number of halogens is 2. The van der Waals surface area contributed by atoms with E-state index in [0.717, 1.165) is 12.8 Å². The molecule has 11 heteroatoms. The van der Waals surface area contributed by atoms with Gasteiger partial charge in [-0.1, -0.05) is 23.2 Å². The van der Waals surface area contributed by atoms with Gasteiger partial charge in [-0.15, -0.1) is 0 Å². The summed E-state index contributed by atoms with van der Waals surface area (Å²) in [4.78, 5) is 12.2. The highest BCUT2D eigenvalue weighted by Gasteiger charge is 2.15. The molecule has 0 saturated carbocycles. The molecule has 7 nitrogen and oxygen atoms in total. The van der Waals surface area contributed by atoms with Crippen molar-refractivity contribution in [2.45, 2.75) is 50.5 Å². The Kier molecular flexibility index (Phi) is 10.9. The van der Waals surface area contributed by atoms with Crippen LogP contribution >= 0.6 is 35.4 Å². The number of amides is 1. The third kappa shape index (κ3) is 9.85. The number of sulfonamides is 1. The second-order valence-electron chi connectivity index (χ2n) is 7.54. The molecule has 0 bridgehead atoms. The van der Waals surface area contributed by atoms with E-state index < -0.39 is 10.0 Å². The van der Waals surface area contributed by atoms with E-state index in [2.05, 4.69) is 15.4 Å². The molecule has 0 aliphatic rings. The highest BCUT2D eigenvalue weighted by Crippen LogP contribution is 2.27. The van der Waals surface area contributed by atoms with Crippen LogP contribution in [-0.4, -0.2) is 32.1 Å². The molecule has 2 rings (SSSR count). The van der Waals surface area contributed by atoms with Crippen molar-refractivity contribution in [2.75, 3.05) is 11.9 Å². The topological polar surface area (TPSA) is 96.5 Å². The Labute approximate surface area is 210 Å². The zero-order valence-electron chi connectivity index (χ0n) is 18.4. The number of benzene rings is 2. The van der Waals surface area contributed by atoms with E-state index in [1.54, 1.807) is 44.2 Å². The monoisotopic (exact) mass is 531 g/mol. The summed E-state index contributed by atoms with van der Waals surface area (Å²) >= 11 is 17.1. The Morgan fingerprint density at radius 1 is 1.06 bits per heavy atom. The first-order valence-electron chi connectivity index (χ1n) is 10.4. The van der Waals surface area contributed by atoms with Gasteiger partial charge in [0.2, 0.25) is 15.9 Å². The summed E-state index contributed by atoms with van der Waals surface area (Å²) in [5.74, 6) is 0.381. The number of rotatable bonds is 11. The standard InChI is InChI=1S/C22H27Cl2N3O4S2/c1-15(2)27-33(29,30)18-10-8-17(9-11-18)25-22(32)26-21(28)6-4-3-5-13-31-20-12-7-16(23)14-19(20)24/h7-12,14-15,27H,3-6,13H2,1-2H3,(H2,25,26,28,32). The molecule has 0 heterocycles. The van der Waals surface area contributed by atoms with Gasteiger partial charge in [-0.3, -0.25) is 4.79 Å². The van der Waals surface area contributed by atoms with Crippen molar-refractivity contribution in [3.05, 3.63) is 52.5 Å². The molecule has 0 aromatic heterocycles. The maximum atomic E-state index is 12.2. The van der Waals surface area contributed by atoms with Crippen LogP contribution < -0.4 is 20.1 Å². The van der Waals surface area contributed by atoms with Crippen LogP contribution in [0.5, 0.6) is 5.75 Å². The van der Waals surface area contributed by atoms with Gasteiger partial charge in [0.05, 0.1) is 16.5 Å². The first-order chi connectivity index (χ1) is 15.6. The Bertz CT molecular complexity index is 1060. The number of carbonyl (C=O) groups is 1. The second-order valence-corrected chi connectivity index (χ2v) is 10.5. The molecule has 180 valence electrons. The molecular formula is C22H27Cl2N3O4S2. The lowest BCUT2D eigenvalue weighted by Gasteiger charge is -2.12. The molecule has 0 saturated heterocycles. The summed E-state index contributed by atoms with van der Waals surface area (Å²) < 4.78 is 32.4. The predicted molar refractivity (Wildman–Crippen MR) is 137 cm³/mol. The minimum absolute atomic E-state index is 0.150. The summed E-state index contributed by atoms with van der Waals surface area (Å²) in [5.41, 5.74) is 0.571. The summed E-state index contributed by atoms with van der Waals surface area (Å²) in [7, 11) is -3.56. The van der Waals surface area contributed by atoms with Gasteiger partial charge >= 0.3 is 0 Å². The average Bonchev–Trinajstić information content (AvgIpc) is 2.71. The molecule has 2 aromatic rings. The number of hydrogen-bond donors (Lipinski definition) is 3. The normalized spacial score (nSPS) is 11.3. The zero-order valence-corrected chi connectivity index (χ0v) is 21.5. The zero-order chi connectivity index (χ0) is 24.4. The third-order valence-electron chi connectivity index (χ3n) is 4.27. The van der Waals surface area contributed by atoms with Crippen molar-refractivity contribution in [3.8, 4) is 5.75 Å². The first kappa shape index (κ1) is 27.3. The van der Waals surface area contributed by atoms with Crippen LogP contribution in [0, 0.1) is 0 Å². The summed E-state index contributed by atoms with van der Waals surface area (Å²) in [5, 5.41) is 6.66. The second kappa shape index (κ2) is 13.1. The van der Waals surface area contributed by atoms with Gasteiger partial charge in [0.25, 0.3) is 0 Å².